The van der Waals surface area contributed by atoms with Crippen molar-refractivity contribution in [3.8, 4) is 0 Å². The Kier molecular flexibility index (Phi) is 3.61. The first-order chi connectivity index (χ1) is 10.1. The second-order valence-electron chi connectivity index (χ2n) is 4.71. The molecule has 0 unspecified atom stereocenters. The molecule has 3 heterocycles. The molecule has 0 spiro atoms. The number of methoxy groups -OCH3 is 1. The molecule has 1 saturated heterocycles. The molecule has 5 N–H and O–H groups in total. The minimum absolute atomic E-state index is 0.00882. The van der Waals surface area contributed by atoms with Gasteiger partial charge < -0.3 is 20.7 Å². The number of nitrogen functional groups attached to an aromatic ring is 1. The highest BCUT2D eigenvalue weighted by molar-refractivity contribution is 8.00. The maximum absolute atomic E-state index is 11.8. The Morgan fingerprint density at radius 2 is 2.38 bits per heavy atom. The van der Waals surface area contributed by atoms with E-state index < -0.39 is 17.8 Å². The van der Waals surface area contributed by atoms with E-state index in [-0.39, 0.29) is 28.7 Å². The molecule has 0 saturated carbocycles. The molecule has 0 amide bonds. The molecule has 9 nitrogen and oxygen atoms in total. The SMILES string of the molecule is CO[C@@H]1[C@H](O)[C@@H](CO)S[C@H]1n1cnc2c(=O)[nH]c(N)nc21. The van der Waals surface area contributed by atoms with Crippen molar-refractivity contribution < 1.29 is 14.9 Å². The van der Waals surface area contributed by atoms with E-state index in [1.165, 1.54) is 25.2 Å². The van der Waals surface area contributed by atoms with Gasteiger partial charge in [-0.15, -0.1) is 11.8 Å². The van der Waals surface area contributed by atoms with Crippen LogP contribution in [0.1, 0.15) is 5.37 Å². The van der Waals surface area contributed by atoms with Crippen molar-refractivity contribution in [2.45, 2.75) is 22.8 Å². The van der Waals surface area contributed by atoms with Gasteiger partial charge in [-0.1, -0.05) is 0 Å². The number of hydrogen-bond donors (Lipinski definition) is 4. The highest BCUT2D eigenvalue weighted by atomic mass is 32.2. The van der Waals surface area contributed by atoms with E-state index in [1.54, 1.807) is 4.57 Å². The summed E-state index contributed by atoms with van der Waals surface area (Å²) in [6.07, 6.45) is 0.0846. The quantitative estimate of drug-likeness (QED) is 0.547. The standard InChI is InChI=1S/C11H15N5O4S/c1-20-7-6(18)4(2-17)21-10(7)16-3-13-5-8(16)14-11(12)15-9(5)19/h3-4,6-7,10,17-18H,2H2,1H3,(H3,12,14,15,19)/t4-,6-,7-,10-/m1/s1. The summed E-state index contributed by atoms with van der Waals surface area (Å²) in [6.45, 7) is -0.176. The zero-order valence-corrected chi connectivity index (χ0v) is 11.9. The number of aliphatic hydroxyl groups excluding tert-OH is 2. The largest absolute Gasteiger partial charge is 0.395 e. The van der Waals surface area contributed by atoms with Crippen molar-refractivity contribution in [2.75, 3.05) is 19.5 Å². The fourth-order valence-corrected chi connectivity index (χ4v) is 3.95. The first-order valence-electron chi connectivity index (χ1n) is 6.26. The van der Waals surface area contributed by atoms with E-state index >= 15 is 0 Å². The number of aromatic amines is 1. The normalized spacial score (nSPS) is 29.3. The highest BCUT2D eigenvalue weighted by Crippen LogP contribution is 2.43. The number of aromatic nitrogens is 4. The summed E-state index contributed by atoms with van der Waals surface area (Å²) in [7, 11) is 1.48. The second-order valence-corrected chi connectivity index (χ2v) is 6.07. The van der Waals surface area contributed by atoms with Crippen LogP contribution in [-0.2, 0) is 4.74 Å². The van der Waals surface area contributed by atoms with Crippen LogP contribution in [0.25, 0.3) is 11.2 Å². The van der Waals surface area contributed by atoms with Gasteiger partial charge in [0.2, 0.25) is 5.95 Å². The van der Waals surface area contributed by atoms with Gasteiger partial charge in [0.25, 0.3) is 5.56 Å². The number of nitrogens with two attached hydrogens (primary N) is 1. The smallest absolute Gasteiger partial charge is 0.280 e. The number of H-pyrrole nitrogens is 1. The lowest BCUT2D eigenvalue weighted by Gasteiger charge is -2.20. The zero-order chi connectivity index (χ0) is 15.1. The minimum atomic E-state index is -0.827. The fourth-order valence-electron chi connectivity index (χ4n) is 2.48. The maximum atomic E-state index is 11.8. The molecule has 1 aliphatic rings. The molecule has 3 rings (SSSR count). The maximum Gasteiger partial charge on any atom is 0.280 e. The number of aliphatic hydroxyl groups is 2. The molecule has 1 aliphatic heterocycles. The molecule has 21 heavy (non-hydrogen) atoms. The summed E-state index contributed by atoms with van der Waals surface area (Å²) >= 11 is 1.34. The van der Waals surface area contributed by atoms with Crippen molar-refractivity contribution >= 4 is 28.9 Å². The third-order valence-electron chi connectivity index (χ3n) is 3.49. The lowest BCUT2D eigenvalue weighted by molar-refractivity contribution is -0.0179. The topological polar surface area (TPSA) is 139 Å². The van der Waals surface area contributed by atoms with E-state index in [0.717, 1.165) is 0 Å². The summed E-state index contributed by atoms with van der Waals surface area (Å²) in [5, 5.41) is 18.7. The summed E-state index contributed by atoms with van der Waals surface area (Å²) in [5.74, 6) is -0.00882. The highest BCUT2D eigenvalue weighted by Gasteiger charge is 2.44. The zero-order valence-electron chi connectivity index (χ0n) is 11.1. The summed E-state index contributed by atoms with van der Waals surface area (Å²) in [6, 6.07) is 0. The van der Waals surface area contributed by atoms with Crippen LogP contribution in [0.2, 0.25) is 0 Å². The Balaban J connectivity index is 2.10. The number of ether oxygens (including phenoxy) is 1. The number of fused-ring (bicyclic) bond motifs is 1. The molecule has 0 bridgehead atoms. The summed E-state index contributed by atoms with van der Waals surface area (Å²) < 4.78 is 6.96. The first-order valence-corrected chi connectivity index (χ1v) is 7.20. The minimum Gasteiger partial charge on any atom is -0.395 e. The molecular formula is C11H15N5O4S. The van der Waals surface area contributed by atoms with E-state index in [2.05, 4.69) is 15.0 Å². The number of anilines is 1. The number of hydrogen-bond acceptors (Lipinski definition) is 8. The molecule has 2 aromatic heterocycles. The van der Waals surface area contributed by atoms with Crippen molar-refractivity contribution in [1.29, 1.82) is 0 Å². The summed E-state index contributed by atoms with van der Waals surface area (Å²) in [4.78, 5) is 22.3. The Bertz CT molecular complexity index is 716. The second kappa shape index (κ2) is 5.30. The number of nitrogens with one attached hydrogen (secondary N) is 1. The van der Waals surface area contributed by atoms with Gasteiger partial charge in [0, 0.05) is 7.11 Å². The first kappa shape index (κ1) is 14.3. The van der Waals surface area contributed by atoms with Crippen LogP contribution in [0.4, 0.5) is 5.95 Å². The molecule has 0 aromatic carbocycles. The Morgan fingerprint density at radius 3 is 3.05 bits per heavy atom. The van der Waals surface area contributed by atoms with Crippen LogP contribution < -0.4 is 11.3 Å². The molecular weight excluding hydrogens is 298 g/mol. The van der Waals surface area contributed by atoms with Gasteiger partial charge in [-0.05, 0) is 0 Å². The van der Waals surface area contributed by atoms with Crippen LogP contribution in [0.15, 0.2) is 11.1 Å². The summed E-state index contributed by atoms with van der Waals surface area (Å²) in [5.41, 5.74) is 5.63. The van der Waals surface area contributed by atoms with Gasteiger partial charge in [0.15, 0.2) is 11.2 Å². The van der Waals surface area contributed by atoms with Crippen molar-refractivity contribution in [2.24, 2.45) is 0 Å². The number of imidazole rings is 1. The molecule has 4 atom stereocenters. The van der Waals surface area contributed by atoms with Crippen LogP contribution in [0, 0.1) is 0 Å². The van der Waals surface area contributed by atoms with Gasteiger partial charge in [-0.2, -0.15) is 4.98 Å². The van der Waals surface area contributed by atoms with Gasteiger partial charge in [0.1, 0.15) is 11.5 Å². The van der Waals surface area contributed by atoms with Crippen molar-refractivity contribution in [1.82, 2.24) is 19.5 Å². The third-order valence-corrected chi connectivity index (χ3v) is 5.04. The molecule has 0 radical (unpaired) electrons. The van der Waals surface area contributed by atoms with E-state index in [1.807, 2.05) is 0 Å². The van der Waals surface area contributed by atoms with E-state index in [0.29, 0.717) is 5.65 Å². The van der Waals surface area contributed by atoms with Crippen LogP contribution in [-0.4, -0.2) is 60.9 Å². The Hall–Kier alpha value is -1.62. The lowest BCUT2D eigenvalue weighted by Crippen LogP contribution is -2.34. The number of thioether (sulfide) groups is 1. The molecule has 10 heteroatoms. The van der Waals surface area contributed by atoms with Crippen molar-refractivity contribution in [3.05, 3.63) is 16.7 Å². The molecule has 0 aliphatic carbocycles. The molecule has 114 valence electrons. The van der Waals surface area contributed by atoms with E-state index in [9.17, 15) is 15.0 Å². The average Bonchev–Trinajstić information content (AvgIpc) is 2.99. The van der Waals surface area contributed by atoms with Gasteiger partial charge in [-0.25, -0.2) is 4.98 Å². The Labute approximate surface area is 123 Å². The van der Waals surface area contributed by atoms with Gasteiger partial charge in [-0.3, -0.25) is 14.3 Å². The van der Waals surface area contributed by atoms with E-state index in [4.69, 9.17) is 10.5 Å². The average molecular weight is 313 g/mol. The predicted molar refractivity (Wildman–Crippen MR) is 76.9 cm³/mol. The molecule has 2 aromatic rings. The predicted octanol–water partition coefficient (Wildman–Crippen LogP) is -1.32. The monoisotopic (exact) mass is 313 g/mol. The van der Waals surface area contributed by atoms with Crippen LogP contribution >= 0.6 is 11.8 Å². The molecule has 1 fully saturated rings. The lowest BCUT2D eigenvalue weighted by atomic mass is 10.1. The van der Waals surface area contributed by atoms with Crippen LogP contribution in [0.5, 0.6) is 0 Å². The Morgan fingerprint density at radius 1 is 1.62 bits per heavy atom. The number of rotatable bonds is 3. The van der Waals surface area contributed by atoms with Crippen LogP contribution in [0.3, 0.4) is 0 Å². The fraction of sp³-hybridized carbons (Fsp3) is 0.545. The van der Waals surface area contributed by atoms with Crippen molar-refractivity contribution in [3.63, 3.8) is 0 Å². The number of nitrogens with zero attached hydrogens (tertiary/aromatic N) is 3. The van der Waals surface area contributed by atoms with Gasteiger partial charge in [0.05, 0.1) is 24.3 Å². The van der Waals surface area contributed by atoms with Gasteiger partial charge >= 0.3 is 0 Å². The third kappa shape index (κ3) is 2.20.